The van der Waals surface area contributed by atoms with Gasteiger partial charge in [0.2, 0.25) is 5.88 Å². The van der Waals surface area contributed by atoms with Gasteiger partial charge in [-0.3, -0.25) is 4.79 Å². The van der Waals surface area contributed by atoms with Gasteiger partial charge in [0.25, 0.3) is 5.91 Å². The molecule has 0 saturated carbocycles. The summed E-state index contributed by atoms with van der Waals surface area (Å²) in [7, 11) is 0. The van der Waals surface area contributed by atoms with E-state index in [0.717, 1.165) is 6.20 Å². The van der Waals surface area contributed by atoms with Gasteiger partial charge < -0.3 is 14.8 Å². The van der Waals surface area contributed by atoms with Crippen molar-refractivity contribution in [3.05, 3.63) is 54.2 Å². The Kier molecular flexibility index (Phi) is 6.00. The molecule has 0 radical (unpaired) electrons. The molecule has 0 atom stereocenters. The molecule has 0 spiro atoms. The van der Waals surface area contributed by atoms with E-state index < -0.39 is 18.7 Å². The maximum Gasteiger partial charge on any atom is 0.422 e. The monoisotopic (exact) mass is 340 g/mol. The fraction of sp³-hybridized carbons (Fsp3) is 0.250. The Morgan fingerprint density at radius 2 is 1.83 bits per heavy atom. The molecular weight excluding hydrogens is 325 g/mol. The SMILES string of the molecule is O=C(NCCOc1ccccc1)c1ccc(OCC(F)(F)F)nc1. The largest absolute Gasteiger partial charge is 0.492 e. The number of nitrogens with zero attached hydrogens (tertiary/aromatic N) is 1. The number of carbonyl (C=O) groups excluding carboxylic acids is 1. The van der Waals surface area contributed by atoms with Gasteiger partial charge >= 0.3 is 6.18 Å². The maximum absolute atomic E-state index is 12.0. The molecule has 1 aromatic heterocycles. The van der Waals surface area contributed by atoms with Crippen LogP contribution in [-0.4, -0.2) is 36.8 Å². The van der Waals surface area contributed by atoms with Crippen molar-refractivity contribution >= 4 is 5.91 Å². The number of hydrogen-bond acceptors (Lipinski definition) is 4. The average molecular weight is 340 g/mol. The molecule has 24 heavy (non-hydrogen) atoms. The number of pyridine rings is 1. The third kappa shape index (κ3) is 6.15. The third-order valence-electron chi connectivity index (χ3n) is 2.78. The highest BCUT2D eigenvalue weighted by Crippen LogP contribution is 2.17. The van der Waals surface area contributed by atoms with E-state index in [1.807, 2.05) is 18.2 Å². The lowest BCUT2D eigenvalue weighted by molar-refractivity contribution is -0.154. The molecule has 1 N–H and O–H groups in total. The summed E-state index contributed by atoms with van der Waals surface area (Å²) in [6.07, 6.45) is -3.28. The normalized spacial score (nSPS) is 11.0. The topological polar surface area (TPSA) is 60.5 Å². The number of ether oxygens (including phenoxy) is 2. The standard InChI is InChI=1S/C16H15F3N2O3/c17-16(18,19)11-24-14-7-6-12(10-21-14)15(22)20-8-9-23-13-4-2-1-3-5-13/h1-7,10H,8-9,11H2,(H,20,22). The number of amides is 1. The van der Waals surface area contributed by atoms with E-state index in [2.05, 4.69) is 15.0 Å². The minimum atomic E-state index is -4.43. The first-order chi connectivity index (χ1) is 11.4. The second kappa shape index (κ2) is 8.19. The summed E-state index contributed by atoms with van der Waals surface area (Å²) < 4.78 is 45.9. The van der Waals surface area contributed by atoms with E-state index in [1.54, 1.807) is 12.1 Å². The lowest BCUT2D eigenvalue weighted by Crippen LogP contribution is -2.28. The van der Waals surface area contributed by atoms with Crippen LogP contribution in [0.1, 0.15) is 10.4 Å². The van der Waals surface area contributed by atoms with E-state index in [0.29, 0.717) is 5.75 Å². The van der Waals surface area contributed by atoms with Crippen LogP contribution in [0, 0.1) is 0 Å². The van der Waals surface area contributed by atoms with E-state index in [-0.39, 0.29) is 24.6 Å². The Labute approximate surface area is 136 Å². The number of alkyl halides is 3. The molecule has 1 amide bonds. The minimum Gasteiger partial charge on any atom is -0.492 e. The van der Waals surface area contributed by atoms with Crippen molar-refractivity contribution in [2.45, 2.75) is 6.18 Å². The quantitative estimate of drug-likeness (QED) is 0.788. The molecule has 0 aliphatic heterocycles. The highest BCUT2D eigenvalue weighted by atomic mass is 19.4. The van der Waals surface area contributed by atoms with Crippen molar-refractivity contribution in [1.29, 1.82) is 0 Å². The number of nitrogens with one attached hydrogen (secondary N) is 1. The molecule has 0 unspecified atom stereocenters. The first-order valence-corrected chi connectivity index (χ1v) is 7.06. The lowest BCUT2D eigenvalue weighted by Gasteiger charge is -2.09. The zero-order chi connectivity index (χ0) is 17.4. The Bertz CT molecular complexity index is 646. The molecular formula is C16H15F3N2O3. The highest BCUT2D eigenvalue weighted by Gasteiger charge is 2.28. The van der Waals surface area contributed by atoms with Crippen LogP contribution in [-0.2, 0) is 0 Å². The summed E-state index contributed by atoms with van der Waals surface area (Å²) in [5, 5.41) is 2.62. The zero-order valence-electron chi connectivity index (χ0n) is 12.5. The van der Waals surface area contributed by atoms with Crippen molar-refractivity contribution in [2.24, 2.45) is 0 Å². The van der Waals surface area contributed by atoms with Crippen LogP contribution in [0.3, 0.4) is 0 Å². The molecule has 2 aromatic rings. The minimum absolute atomic E-state index is 0.198. The molecule has 0 saturated heterocycles. The molecule has 128 valence electrons. The molecule has 0 aliphatic rings. The van der Waals surface area contributed by atoms with Crippen LogP contribution >= 0.6 is 0 Å². The molecule has 5 nitrogen and oxygen atoms in total. The second-order valence-corrected chi connectivity index (χ2v) is 4.71. The molecule has 2 rings (SSSR count). The Morgan fingerprint density at radius 3 is 2.46 bits per heavy atom. The van der Waals surface area contributed by atoms with Crippen molar-refractivity contribution in [1.82, 2.24) is 10.3 Å². The van der Waals surface area contributed by atoms with Crippen LogP contribution in [0.2, 0.25) is 0 Å². The second-order valence-electron chi connectivity index (χ2n) is 4.71. The Morgan fingerprint density at radius 1 is 1.08 bits per heavy atom. The van der Waals surface area contributed by atoms with Gasteiger partial charge in [0.15, 0.2) is 6.61 Å². The van der Waals surface area contributed by atoms with Crippen molar-refractivity contribution < 1.29 is 27.4 Å². The van der Waals surface area contributed by atoms with Gasteiger partial charge in [0, 0.05) is 12.3 Å². The molecule has 0 fully saturated rings. The predicted octanol–water partition coefficient (Wildman–Crippen LogP) is 2.83. The fourth-order valence-electron chi connectivity index (χ4n) is 1.71. The number of rotatable bonds is 7. The van der Waals surface area contributed by atoms with Crippen molar-refractivity contribution in [3.63, 3.8) is 0 Å². The third-order valence-corrected chi connectivity index (χ3v) is 2.78. The van der Waals surface area contributed by atoms with E-state index in [9.17, 15) is 18.0 Å². The van der Waals surface area contributed by atoms with E-state index in [4.69, 9.17) is 4.74 Å². The Balaban J connectivity index is 1.74. The summed E-state index contributed by atoms with van der Waals surface area (Å²) in [6.45, 7) is -0.863. The molecule has 0 bridgehead atoms. The predicted molar refractivity (Wildman–Crippen MR) is 80.1 cm³/mol. The number of para-hydroxylation sites is 1. The number of carbonyl (C=O) groups is 1. The summed E-state index contributed by atoms with van der Waals surface area (Å²) in [6, 6.07) is 11.7. The number of hydrogen-bond donors (Lipinski definition) is 1. The number of halogens is 3. The summed E-state index contributed by atoms with van der Waals surface area (Å²) >= 11 is 0. The van der Waals surface area contributed by atoms with Gasteiger partial charge in [-0.2, -0.15) is 13.2 Å². The van der Waals surface area contributed by atoms with Crippen molar-refractivity contribution in [3.8, 4) is 11.6 Å². The number of aromatic nitrogens is 1. The Hall–Kier alpha value is -2.77. The molecule has 8 heteroatoms. The average Bonchev–Trinajstić information content (AvgIpc) is 2.57. The highest BCUT2D eigenvalue weighted by molar-refractivity contribution is 5.93. The van der Waals surface area contributed by atoms with Crippen LogP contribution in [0.4, 0.5) is 13.2 Å². The lowest BCUT2D eigenvalue weighted by atomic mass is 10.2. The zero-order valence-corrected chi connectivity index (χ0v) is 12.5. The van der Waals surface area contributed by atoms with Gasteiger partial charge in [-0.05, 0) is 18.2 Å². The smallest absolute Gasteiger partial charge is 0.422 e. The van der Waals surface area contributed by atoms with Gasteiger partial charge in [-0.15, -0.1) is 0 Å². The van der Waals surface area contributed by atoms with Crippen LogP contribution in [0.15, 0.2) is 48.7 Å². The number of benzene rings is 1. The van der Waals surface area contributed by atoms with Gasteiger partial charge in [-0.25, -0.2) is 4.98 Å². The summed E-state index contributed by atoms with van der Waals surface area (Å²) in [4.78, 5) is 15.5. The van der Waals surface area contributed by atoms with Crippen LogP contribution in [0.5, 0.6) is 11.6 Å². The first-order valence-electron chi connectivity index (χ1n) is 7.06. The maximum atomic E-state index is 12.0. The van der Waals surface area contributed by atoms with Crippen molar-refractivity contribution in [2.75, 3.05) is 19.8 Å². The van der Waals surface area contributed by atoms with Crippen LogP contribution < -0.4 is 14.8 Å². The summed E-state index contributed by atoms with van der Waals surface area (Å²) in [5.74, 6) is 0.0948. The van der Waals surface area contributed by atoms with E-state index >= 15 is 0 Å². The molecule has 1 aromatic carbocycles. The van der Waals surface area contributed by atoms with Gasteiger partial charge in [0.1, 0.15) is 12.4 Å². The summed E-state index contributed by atoms with van der Waals surface area (Å²) in [5.41, 5.74) is 0.217. The molecule has 0 aliphatic carbocycles. The van der Waals surface area contributed by atoms with E-state index in [1.165, 1.54) is 12.1 Å². The first kappa shape index (κ1) is 17.6. The molecule has 1 heterocycles. The van der Waals surface area contributed by atoms with Gasteiger partial charge in [0.05, 0.1) is 12.1 Å². The van der Waals surface area contributed by atoms with Crippen LogP contribution in [0.25, 0.3) is 0 Å². The fourth-order valence-corrected chi connectivity index (χ4v) is 1.71. The van der Waals surface area contributed by atoms with Gasteiger partial charge in [-0.1, -0.05) is 18.2 Å².